The van der Waals surface area contributed by atoms with Crippen molar-refractivity contribution in [3.8, 4) is 0 Å². The van der Waals surface area contributed by atoms with Gasteiger partial charge in [0.05, 0.1) is 11.6 Å². The number of halogens is 1. The number of hydrogen-bond acceptors (Lipinski definition) is 7. The summed E-state index contributed by atoms with van der Waals surface area (Å²) in [7, 11) is 0. The summed E-state index contributed by atoms with van der Waals surface area (Å²) in [5, 5.41) is 3.28. The van der Waals surface area contributed by atoms with Gasteiger partial charge in [0.15, 0.2) is 0 Å². The first-order chi connectivity index (χ1) is 17.9. The van der Waals surface area contributed by atoms with Crippen LogP contribution < -0.4 is 10.2 Å². The zero-order valence-electron chi connectivity index (χ0n) is 21.8. The number of amides is 1. The molecule has 4 heterocycles. The number of benzene rings is 1. The summed E-state index contributed by atoms with van der Waals surface area (Å²) in [4.78, 5) is 28.1. The molecule has 3 aliphatic heterocycles. The van der Waals surface area contributed by atoms with Crippen molar-refractivity contribution in [2.45, 2.75) is 70.1 Å². The average molecular weight is 509 g/mol. The highest BCUT2D eigenvalue weighted by molar-refractivity contribution is 5.90. The summed E-state index contributed by atoms with van der Waals surface area (Å²) in [6.45, 7) is 9.59. The monoisotopic (exact) mass is 508 g/mol. The molecule has 0 bridgehead atoms. The molecular formula is C28H37FN6O2. The van der Waals surface area contributed by atoms with Gasteiger partial charge in [-0.2, -0.15) is 4.98 Å². The predicted molar refractivity (Wildman–Crippen MR) is 140 cm³/mol. The van der Waals surface area contributed by atoms with Crippen molar-refractivity contribution in [1.29, 1.82) is 0 Å². The number of ether oxygens (including phenoxy) is 1. The van der Waals surface area contributed by atoms with Gasteiger partial charge in [0.2, 0.25) is 5.95 Å². The maximum Gasteiger partial charge on any atom is 0.416 e. The molecule has 6 rings (SSSR count). The molecule has 0 unspecified atom stereocenters. The molecule has 0 spiro atoms. The number of nitrogens with zero attached hydrogens (tertiary/aromatic N) is 5. The third-order valence-electron chi connectivity index (χ3n) is 8.79. The lowest BCUT2D eigenvalue weighted by Crippen LogP contribution is -2.50. The van der Waals surface area contributed by atoms with E-state index in [0.29, 0.717) is 36.9 Å². The number of anilines is 2. The number of rotatable bonds is 8. The minimum Gasteiger partial charge on any atom is -0.447 e. The summed E-state index contributed by atoms with van der Waals surface area (Å²) in [5.41, 5.74) is 1.19. The minimum atomic E-state index is -0.378. The third kappa shape index (κ3) is 4.91. The van der Waals surface area contributed by atoms with E-state index in [-0.39, 0.29) is 23.5 Å². The predicted octanol–water partition coefficient (Wildman–Crippen LogP) is 4.58. The van der Waals surface area contributed by atoms with Gasteiger partial charge in [-0.3, -0.25) is 9.80 Å². The van der Waals surface area contributed by atoms with Crippen LogP contribution in [0.3, 0.4) is 0 Å². The van der Waals surface area contributed by atoms with Gasteiger partial charge in [-0.05, 0) is 95.7 Å². The van der Waals surface area contributed by atoms with Gasteiger partial charge >= 0.3 is 6.09 Å². The molecule has 1 N–H and O–H groups in total. The van der Waals surface area contributed by atoms with Crippen LogP contribution >= 0.6 is 0 Å². The summed E-state index contributed by atoms with van der Waals surface area (Å²) >= 11 is 0. The molecule has 3 saturated heterocycles. The maximum absolute atomic E-state index is 15.1. The van der Waals surface area contributed by atoms with E-state index >= 15 is 4.39 Å². The number of aromatic nitrogens is 2. The smallest absolute Gasteiger partial charge is 0.416 e. The molecule has 1 aliphatic carbocycles. The summed E-state index contributed by atoms with van der Waals surface area (Å²) in [6, 6.07) is 7.75. The highest BCUT2D eigenvalue weighted by atomic mass is 19.1. The second-order valence-electron chi connectivity index (χ2n) is 11.4. The lowest BCUT2D eigenvalue weighted by Gasteiger charge is -2.43. The van der Waals surface area contributed by atoms with E-state index in [9.17, 15) is 4.79 Å². The van der Waals surface area contributed by atoms with Crippen molar-refractivity contribution in [3.05, 3.63) is 47.4 Å². The Hall–Kier alpha value is -2.78. The van der Waals surface area contributed by atoms with Crippen molar-refractivity contribution in [3.63, 3.8) is 0 Å². The Balaban J connectivity index is 1.09. The first-order valence-electron chi connectivity index (χ1n) is 13.7. The summed E-state index contributed by atoms with van der Waals surface area (Å²) in [6.07, 6.45) is 7.14. The van der Waals surface area contributed by atoms with Gasteiger partial charge < -0.3 is 15.0 Å². The zero-order chi connectivity index (χ0) is 25.6. The fraction of sp³-hybridized carbons (Fsp3) is 0.607. The van der Waals surface area contributed by atoms with Crippen LogP contribution in [-0.2, 0) is 11.3 Å². The van der Waals surface area contributed by atoms with Gasteiger partial charge in [0, 0.05) is 24.3 Å². The van der Waals surface area contributed by atoms with Gasteiger partial charge in [0.1, 0.15) is 18.2 Å². The molecule has 1 amide bonds. The minimum absolute atomic E-state index is 0.175. The van der Waals surface area contributed by atoms with E-state index in [2.05, 4.69) is 32.0 Å². The topological polar surface area (TPSA) is 73.8 Å². The standard InChI is InChI=1S/C28H37FN6O2/c1-19(31-26-30-11-8-25(32-26)35-27(36)37-18-28(35,2)22-6-7-22)20-4-5-21(24(29)16-20)17-33-14-9-23(10-15-33)34-12-3-13-34/h4-5,8,11,16,19,22-23H,3,6-7,9-10,12-15,17-18H2,1-2H3,(H,30,31,32)/t19-,28+/m0/s1. The maximum atomic E-state index is 15.1. The molecule has 0 radical (unpaired) electrons. The molecule has 4 fully saturated rings. The number of likely N-dealkylation sites (tertiary alicyclic amines) is 2. The van der Waals surface area contributed by atoms with Crippen LogP contribution in [0.2, 0.25) is 0 Å². The molecule has 4 aliphatic rings. The van der Waals surface area contributed by atoms with E-state index in [0.717, 1.165) is 37.1 Å². The van der Waals surface area contributed by atoms with Crippen molar-refractivity contribution in [1.82, 2.24) is 19.8 Å². The Morgan fingerprint density at radius 3 is 2.62 bits per heavy atom. The van der Waals surface area contributed by atoms with Gasteiger partial charge in [-0.25, -0.2) is 14.2 Å². The second kappa shape index (κ2) is 9.83. The fourth-order valence-electron chi connectivity index (χ4n) is 6.08. The van der Waals surface area contributed by atoms with Crippen LogP contribution in [0.25, 0.3) is 0 Å². The molecule has 9 heteroatoms. The number of carbonyl (C=O) groups is 1. The van der Waals surface area contributed by atoms with Crippen LogP contribution in [0.15, 0.2) is 30.5 Å². The number of piperidine rings is 1. The molecule has 37 heavy (non-hydrogen) atoms. The van der Waals surface area contributed by atoms with E-state index in [4.69, 9.17) is 4.74 Å². The number of hydrogen-bond donors (Lipinski definition) is 1. The van der Waals surface area contributed by atoms with Crippen molar-refractivity contribution in [2.75, 3.05) is 43.0 Å². The summed E-state index contributed by atoms with van der Waals surface area (Å²) in [5.74, 6) is 1.18. The SMILES string of the molecule is C[C@H](Nc1nccc(N2C(=O)OC[C@]2(C)C2CC2)n1)c1ccc(CN2CCC(N3CCC3)CC2)c(F)c1. The largest absolute Gasteiger partial charge is 0.447 e. The second-order valence-corrected chi connectivity index (χ2v) is 11.4. The Morgan fingerprint density at radius 1 is 1.16 bits per heavy atom. The zero-order valence-corrected chi connectivity index (χ0v) is 21.8. The third-order valence-corrected chi connectivity index (χ3v) is 8.79. The highest BCUT2D eigenvalue weighted by Gasteiger charge is 2.54. The molecule has 1 saturated carbocycles. The van der Waals surface area contributed by atoms with Crippen LogP contribution in [-0.4, -0.2) is 70.2 Å². The lowest BCUT2D eigenvalue weighted by atomic mass is 9.96. The van der Waals surface area contributed by atoms with Crippen LogP contribution in [0, 0.1) is 11.7 Å². The highest BCUT2D eigenvalue weighted by Crippen LogP contribution is 2.47. The average Bonchev–Trinajstić information content (AvgIpc) is 3.66. The molecule has 1 aromatic carbocycles. The van der Waals surface area contributed by atoms with E-state index in [1.165, 1.54) is 32.4 Å². The molecule has 1 aromatic heterocycles. The van der Waals surface area contributed by atoms with E-state index < -0.39 is 0 Å². The van der Waals surface area contributed by atoms with Crippen molar-refractivity contribution in [2.24, 2.45) is 5.92 Å². The normalized spacial score (nSPS) is 26.1. The van der Waals surface area contributed by atoms with Crippen LogP contribution in [0.4, 0.5) is 21.0 Å². The molecule has 2 aromatic rings. The lowest BCUT2D eigenvalue weighted by molar-refractivity contribution is 0.0609. The van der Waals surface area contributed by atoms with E-state index in [1.807, 2.05) is 19.1 Å². The van der Waals surface area contributed by atoms with Gasteiger partial charge in [0.25, 0.3) is 0 Å². The first kappa shape index (κ1) is 24.6. The molecule has 2 atom stereocenters. The summed E-state index contributed by atoms with van der Waals surface area (Å²) < 4.78 is 20.5. The first-order valence-corrected chi connectivity index (χ1v) is 13.7. The quantitative estimate of drug-likeness (QED) is 0.559. The molecular weight excluding hydrogens is 471 g/mol. The molecule has 198 valence electrons. The van der Waals surface area contributed by atoms with Crippen molar-refractivity contribution < 1.29 is 13.9 Å². The van der Waals surface area contributed by atoms with Crippen LogP contribution in [0.5, 0.6) is 0 Å². The van der Waals surface area contributed by atoms with Gasteiger partial charge in [-0.1, -0.05) is 12.1 Å². The molecule has 8 nitrogen and oxygen atoms in total. The van der Waals surface area contributed by atoms with Crippen LogP contribution in [0.1, 0.15) is 63.1 Å². The Morgan fingerprint density at radius 2 is 1.95 bits per heavy atom. The Bertz CT molecular complexity index is 1150. The Labute approximate surface area is 218 Å². The Kier molecular flexibility index (Phi) is 6.52. The van der Waals surface area contributed by atoms with Gasteiger partial charge in [-0.15, -0.1) is 0 Å². The number of nitrogens with one attached hydrogen (secondary N) is 1. The fourth-order valence-corrected chi connectivity index (χ4v) is 6.08. The number of carbonyl (C=O) groups excluding carboxylic acids is 1. The number of cyclic esters (lactones) is 1. The van der Waals surface area contributed by atoms with E-state index in [1.54, 1.807) is 23.2 Å². The van der Waals surface area contributed by atoms with Crippen molar-refractivity contribution >= 4 is 17.9 Å².